The van der Waals surface area contributed by atoms with Crippen molar-refractivity contribution < 1.29 is 19.0 Å². The molecule has 0 aliphatic carbocycles. The number of nitrogens with zero attached hydrogens (tertiary/aromatic N) is 1. The summed E-state index contributed by atoms with van der Waals surface area (Å²) >= 11 is 3.50. The van der Waals surface area contributed by atoms with E-state index in [-0.39, 0.29) is 18.2 Å². The van der Waals surface area contributed by atoms with Crippen LogP contribution in [0.2, 0.25) is 0 Å². The summed E-state index contributed by atoms with van der Waals surface area (Å²) in [6.45, 7) is 5.76. The molecular weight excluding hydrogens is 374 g/mol. The molecule has 1 aromatic rings. The van der Waals surface area contributed by atoms with E-state index in [1.54, 1.807) is 6.92 Å². The first-order chi connectivity index (χ1) is 11.6. The smallest absolute Gasteiger partial charge is 0.263 e. The average molecular weight is 398 g/mol. The van der Waals surface area contributed by atoms with E-state index in [9.17, 15) is 4.79 Å². The van der Waals surface area contributed by atoms with E-state index < -0.39 is 6.10 Å². The first kappa shape index (κ1) is 17.7. The topological polar surface area (TPSA) is 48.0 Å². The Morgan fingerprint density at radius 3 is 2.79 bits per heavy atom. The van der Waals surface area contributed by atoms with Gasteiger partial charge in [-0.1, -0.05) is 6.07 Å². The Balaban J connectivity index is 1.68. The molecule has 0 radical (unpaired) electrons. The maximum Gasteiger partial charge on any atom is 0.263 e. The lowest BCUT2D eigenvalue weighted by molar-refractivity contribution is -0.156. The van der Waals surface area contributed by atoms with Crippen molar-refractivity contribution >= 4 is 21.8 Å². The van der Waals surface area contributed by atoms with Crippen LogP contribution in [0.3, 0.4) is 0 Å². The highest BCUT2D eigenvalue weighted by Gasteiger charge is 2.38. The van der Waals surface area contributed by atoms with Crippen LogP contribution in [-0.4, -0.2) is 49.0 Å². The lowest BCUT2D eigenvalue weighted by Gasteiger charge is -2.39. The quantitative estimate of drug-likeness (QED) is 0.781. The molecular formula is C18H24BrNO4. The average Bonchev–Trinajstić information content (AvgIpc) is 3.11. The van der Waals surface area contributed by atoms with Gasteiger partial charge in [0.2, 0.25) is 0 Å². The van der Waals surface area contributed by atoms with Gasteiger partial charge >= 0.3 is 0 Å². The number of halogens is 1. The van der Waals surface area contributed by atoms with Crippen LogP contribution in [-0.2, 0) is 14.3 Å². The van der Waals surface area contributed by atoms with Crippen LogP contribution in [0.5, 0.6) is 5.75 Å². The number of likely N-dealkylation sites (tertiary alicyclic amines) is 1. The molecule has 2 aliphatic heterocycles. The predicted molar refractivity (Wildman–Crippen MR) is 94.0 cm³/mol. The standard InChI is InChI=1S/C18H24BrNO4/c1-12-6-7-16(14(19)11-12)24-13(2)17(21)20-8-4-3-5-15(20)18-22-9-10-23-18/h6-7,11,13,15,18H,3-5,8-10H2,1-2H3. The van der Waals surface area contributed by atoms with Crippen LogP contribution in [0.15, 0.2) is 22.7 Å². The lowest BCUT2D eigenvalue weighted by Crippen LogP contribution is -2.53. The van der Waals surface area contributed by atoms with Crippen molar-refractivity contribution in [2.45, 2.75) is 51.5 Å². The Hall–Kier alpha value is -1.11. The fourth-order valence-electron chi connectivity index (χ4n) is 3.29. The molecule has 2 unspecified atom stereocenters. The van der Waals surface area contributed by atoms with Crippen molar-refractivity contribution in [2.75, 3.05) is 19.8 Å². The molecule has 3 rings (SSSR count). The Kier molecular flexibility index (Phi) is 5.79. The molecule has 2 atom stereocenters. The van der Waals surface area contributed by atoms with E-state index in [4.69, 9.17) is 14.2 Å². The molecule has 0 spiro atoms. The highest BCUT2D eigenvalue weighted by atomic mass is 79.9. The van der Waals surface area contributed by atoms with Gasteiger partial charge in [-0.15, -0.1) is 0 Å². The summed E-state index contributed by atoms with van der Waals surface area (Å²) in [6, 6.07) is 5.83. The fourth-order valence-corrected chi connectivity index (χ4v) is 3.88. The number of hydrogen-bond donors (Lipinski definition) is 0. The van der Waals surface area contributed by atoms with E-state index >= 15 is 0 Å². The van der Waals surface area contributed by atoms with Gasteiger partial charge in [-0.25, -0.2) is 0 Å². The van der Waals surface area contributed by atoms with Gasteiger partial charge in [0.25, 0.3) is 5.91 Å². The van der Waals surface area contributed by atoms with Crippen molar-refractivity contribution in [3.8, 4) is 5.75 Å². The monoisotopic (exact) mass is 397 g/mol. The van der Waals surface area contributed by atoms with Gasteiger partial charge in [0, 0.05) is 6.54 Å². The predicted octanol–water partition coefficient (Wildman–Crippen LogP) is 3.28. The summed E-state index contributed by atoms with van der Waals surface area (Å²) in [5, 5.41) is 0. The second-order valence-electron chi connectivity index (χ2n) is 6.40. The third-order valence-electron chi connectivity index (χ3n) is 4.53. The van der Waals surface area contributed by atoms with Crippen LogP contribution in [0.4, 0.5) is 0 Å². The van der Waals surface area contributed by atoms with Gasteiger partial charge in [-0.3, -0.25) is 4.79 Å². The molecule has 2 heterocycles. The van der Waals surface area contributed by atoms with E-state index in [1.165, 1.54) is 0 Å². The van der Waals surface area contributed by atoms with Gasteiger partial charge in [0.1, 0.15) is 5.75 Å². The Morgan fingerprint density at radius 2 is 2.08 bits per heavy atom. The highest BCUT2D eigenvalue weighted by molar-refractivity contribution is 9.10. The van der Waals surface area contributed by atoms with Crippen molar-refractivity contribution in [2.24, 2.45) is 0 Å². The summed E-state index contributed by atoms with van der Waals surface area (Å²) < 4.78 is 18.0. The highest BCUT2D eigenvalue weighted by Crippen LogP contribution is 2.29. The zero-order valence-electron chi connectivity index (χ0n) is 14.2. The maximum absolute atomic E-state index is 12.9. The molecule has 0 N–H and O–H groups in total. The summed E-state index contributed by atoms with van der Waals surface area (Å²) in [5.74, 6) is 0.676. The van der Waals surface area contributed by atoms with E-state index in [0.29, 0.717) is 19.0 Å². The number of rotatable bonds is 4. The Bertz CT molecular complexity index is 588. The lowest BCUT2D eigenvalue weighted by atomic mass is 10.0. The minimum absolute atomic E-state index is 0.00808. The molecule has 2 aliphatic rings. The third kappa shape index (κ3) is 3.92. The van der Waals surface area contributed by atoms with Crippen molar-refractivity contribution in [3.63, 3.8) is 0 Å². The number of piperidine rings is 1. The van der Waals surface area contributed by atoms with E-state index in [2.05, 4.69) is 15.9 Å². The van der Waals surface area contributed by atoms with Gasteiger partial charge in [-0.05, 0) is 66.7 Å². The maximum atomic E-state index is 12.9. The van der Waals surface area contributed by atoms with Crippen LogP contribution >= 0.6 is 15.9 Å². The molecule has 5 nitrogen and oxygen atoms in total. The van der Waals surface area contributed by atoms with Crippen molar-refractivity contribution in [1.82, 2.24) is 4.90 Å². The largest absolute Gasteiger partial charge is 0.480 e. The van der Waals surface area contributed by atoms with Gasteiger partial charge in [0.15, 0.2) is 12.4 Å². The summed E-state index contributed by atoms with van der Waals surface area (Å²) in [7, 11) is 0. The minimum Gasteiger partial charge on any atom is -0.480 e. The summed E-state index contributed by atoms with van der Waals surface area (Å²) in [5.41, 5.74) is 1.14. The van der Waals surface area contributed by atoms with Crippen molar-refractivity contribution in [1.29, 1.82) is 0 Å². The number of hydrogen-bond acceptors (Lipinski definition) is 4. The number of carbonyl (C=O) groups excluding carboxylic acids is 1. The SMILES string of the molecule is Cc1ccc(OC(C)C(=O)N2CCCCC2C2OCCO2)c(Br)c1. The summed E-state index contributed by atoms with van der Waals surface area (Å²) in [4.78, 5) is 14.8. The molecule has 1 amide bonds. The van der Waals surface area contributed by atoms with Crippen LogP contribution in [0, 0.1) is 6.92 Å². The first-order valence-electron chi connectivity index (χ1n) is 8.53. The molecule has 0 bridgehead atoms. The number of carbonyl (C=O) groups is 1. The number of amides is 1. The van der Waals surface area contributed by atoms with Crippen molar-refractivity contribution in [3.05, 3.63) is 28.2 Å². The first-order valence-corrected chi connectivity index (χ1v) is 9.32. The van der Waals surface area contributed by atoms with Gasteiger partial charge < -0.3 is 19.1 Å². The minimum atomic E-state index is -0.550. The van der Waals surface area contributed by atoms with Gasteiger partial charge in [0.05, 0.1) is 23.7 Å². The second-order valence-corrected chi connectivity index (χ2v) is 7.25. The van der Waals surface area contributed by atoms with Crippen LogP contribution in [0.1, 0.15) is 31.7 Å². The normalized spacial score (nSPS) is 23.3. The van der Waals surface area contributed by atoms with E-state index in [1.807, 2.05) is 30.0 Å². The molecule has 0 aromatic heterocycles. The molecule has 132 valence electrons. The molecule has 2 saturated heterocycles. The molecule has 1 aromatic carbocycles. The Labute approximate surface area is 151 Å². The fraction of sp³-hybridized carbons (Fsp3) is 0.611. The number of benzene rings is 1. The second kappa shape index (κ2) is 7.85. The van der Waals surface area contributed by atoms with E-state index in [0.717, 1.165) is 35.8 Å². The van der Waals surface area contributed by atoms with Crippen LogP contribution < -0.4 is 4.74 Å². The zero-order valence-corrected chi connectivity index (χ0v) is 15.8. The molecule has 6 heteroatoms. The molecule has 2 fully saturated rings. The van der Waals surface area contributed by atoms with Crippen LogP contribution in [0.25, 0.3) is 0 Å². The third-order valence-corrected chi connectivity index (χ3v) is 5.15. The summed E-state index contributed by atoms with van der Waals surface area (Å²) in [6.07, 6.45) is 2.17. The molecule has 0 saturated carbocycles. The zero-order chi connectivity index (χ0) is 17.1. The number of ether oxygens (including phenoxy) is 3. The number of aryl methyl sites for hydroxylation is 1. The molecule has 24 heavy (non-hydrogen) atoms. The van der Waals surface area contributed by atoms with Gasteiger partial charge in [-0.2, -0.15) is 0 Å². The Morgan fingerprint density at radius 1 is 1.33 bits per heavy atom.